The lowest BCUT2D eigenvalue weighted by molar-refractivity contribution is -0.149. The van der Waals surface area contributed by atoms with E-state index >= 15 is 0 Å². The molecule has 0 aliphatic carbocycles. The first-order valence-corrected chi connectivity index (χ1v) is 11.5. The zero-order valence-corrected chi connectivity index (χ0v) is 19.3. The van der Waals surface area contributed by atoms with E-state index in [9.17, 15) is 14.0 Å². The van der Waals surface area contributed by atoms with Crippen LogP contribution in [0.5, 0.6) is 11.5 Å². The van der Waals surface area contributed by atoms with Gasteiger partial charge < -0.3 is 14.2 Å². The molecule has 0 unspecified atom stereocenters. The third kappa shape index (κ3) is 7.38. The topological polar surface area (TPSA) is 86.8 Å². The molecule has 0 aliphatic rings. The van der Waals surface area contributed by atoms with Crippen molar-refractivity contribution in [2.45, 2.75) is 6.61 Å². The second-order valence-corrected chi connectivity index (χ2v) is 8.15. The highest BCUT2D eigenvalue weighted by atomic mass is 32.1. The number of thiazole rings is 1. The molecule has 7 nitrogen and oxygen atoms in total. The summed E-state index contributed by atoms with van der Waals surface area (Å²) in [5, 5.41) is 4.65. The maximum Gasteiger partial charge on any atom is 0.344 e. The van der Waals surface area contributed by atoms with Crippen molar-refractivity contribution in [3.05, 3.63) is 95.6 Å². The molecule has 1 aromatic heterocycles. The zero-order chi connectivity index (χ0) is 24.5. The number of halogens is 1. The number of anilines is 1. The van der Waals surface area contributed by atoms with Crippen molar-refractivity contribution in [3.8, 4) is 22.8 Å². The van der Waals surface area contributed by atoms with Crippen LogP contribution < -0.4 is 14.8 Å². The lowest BCUT2D eigenvalue weighted by Gasteiger charge is -2.09. The maximum atomic E-state index is 13.0. The van der Waals surface area contributed by atoms with Gasteiger partial charge in [-0.1, -0.05) is 30.3 Å². The Kier molecular flexibility index (Phi) is 8.03. The number of nitrogens with zero attached hydrogens (tertiary/aromatic N) is 1. The van der Waals surface area contributed by atoms with Crippen molar-refractivity contribution in [2.24, 2.45) is 0 Å². The third-order valence-electron chi connectivity index (χ3n) is 4.68. The van der Waals surface area contributed by atoms with Crippen molar-refractivity contribution in [1.29, 1.82) is 0 Å². The van der Waals surface area contributed by atoms with Crippen LogP contribution in [0.25, 0.3) is 11.3 Å². The summed E-state index contributed by atoms with van der Waals surface area (Å²) in [6.07, 6.45) is 0. The minimum atomic E-state index is -0.685. The molecule has 0 spiro atoms. The molecule has 3 aromatic carbocycles. The van der Waals surface area contributed by atoms with Crippen LogP contribution in [0.2, 0.25) is 0 Å². The van der Waals surface area contributed by atoms with Crippen LogP contribution >= 0.6 is 11.3 Å². The Hall–Kier alpha value is -4.24. The fraction of sp³-hybridized carbons (Fsp3) is 0.115. The Morgan fingerprint density at radius 2 is 1.54 bits per heavy atom. The normalized spacial score (nSPS) is 10.4. The number of nitrogens with one attached hydrogen (secondary N) is 1. The van der Waals surface area contributed by atoms with Gasteiger partial charge in [0.05, 0.1) is 5.69 Å². The predicted molar refractivity (Wildman–Crippen MR) is 130 cm³/mol. The maximum absolute atomic E-state index is 13.0. The number of hydrogen-bond acceptors (Lipinski definition) is 7. The van der Waals surface area contributed by atoms with Gasteiger partial charge in [-0.25, -0.2) is 14.2 Å². The van der Waals surface area contributed by atoms with Gasteiger partial charge in [0.25, 0.3) is 5.91 Å². The number of esters is 1. The van der Waals surface area contributed by atoms with E-state index in [1.807, 2.05) is 30.3 Å². The van der Waals surface area contributed by atoms with Crippen LogP contribution in [0.4, 0.5) is 9.52 Å². The molecule has 4 aromatic rings. The van der Waals surface area contributed by atoms with Crippen LogP contribution in [-0.4, -0.2) is 30.1 Å². The molecule has 0 bridgehead atoms. The summed E-state index contributed by atoms with van der Waals surface area (Å²) in [5.41, 5.74) is 2.39. The summed E-state index contributed by atoms with van der Waals surface area (Å²) in [6.45, 7) is -0.368. The van der Waals surface area contributed by atoms with Crippen LogP contribution in [-0.2, 0) is 20.9 Å². The van der Waals surface area contributed by atoms with E-state index in [4.69, 9.17) is 14.2 Å². The number of amides is 1. The number of carbonyl (C=O) groups excluding carboxylic acids is 2. The lowest BCUT2D eigenvalue weighted by atomic mass is 10.2. The minimum absolute atomic E-state index is 0.340. The fourth-order valence-electron chi connectivity index (χ4n) is 2.94. The molecule has 4 rings (SSSR count). The number of rotatable bonds is 10. The quantitative estimate of drug-likeness (QED) is 0.311. The van der Waals surface area contributed by atoms with Crippen molar-refractivity contribution in [2.75, 3.05) is 18.5 Å². The Morgan fingerprint density at radius 3 is 2.26 bits per heavy atom. The number of hydrogen-bond donors (Lipinski definition) is 1. The molecule has 35 heavy (non-hydrogen) atoms. The van der Waals surface area contributed by atoms with Gasteiger partial charge in [-0.05, 0) is 54.1 Å². The second kappa shape index (κ2) is 11.8. The average Bonchev–Trinajstić information content (AvgIpc) is 3.35. The molecular formula is C26H21FN2O5S. The Balaban J connectivity index is 1.16. The molecule has 178 valence electrons. The Bertz CT molecular complexity index is 1260. The molecule has 0 aliphatic heterocycles. The molecule has 1 N–H and O–H groups in total. The molecule has 1 amide bonds. The number of carbonyl (C=O) groups is 2. The highest BCUT2D eigenvalue weighted by molar-refractivity contribution is 7.14. The summed E-state index contributed by atoms with van der Waals surface area (Å²) in [6, 6.07) is 22.5. The molecular weight excluding hydrogens is 471 g/mol. The standard InChI is InChI=1S/C26H21FN2O5S/c27-20-8-6-19(7-9-20)23-17-35-26(28-23)29-24(30)15-34-25(31)16-33-22-12-10-21(11-13-22)32-14-18-4-2-1-3-5-18/h1-13,17H,14-16H2,(H,28,29,30). The first-order valence-electron chi connectivity index (χ1n) is 10.6. The van der Waals surface area contributed by atoms with E-state index in [1.54, 1.807) is 41.8 Å². The average molecular weight is 493 g/mol. The summed E-state index contributed by atoms with van der Waals surface area (Å²) in [5.74, 6) is -0.415. The van der Waals surface area contributed by atoms with Gasteiger partial charge in [-0.2, -0.15) is 0 Å². The summed E-state index contributed by atoms with van der Waals surface area (Å²) in [7, 11) is 0. The van der Waals surface area contributed by atoms with Crippen molar-refractivity contribution < 1.29 is 28.2 Å². The van der Waals surface area contributed by atoms with Crippen LogP contribution in [0.3, 0.4) is 0 Å². The summed E-state index contributed by atoms with van der Waals surface area (Å²) < 4.78 is 29.1. The first kappa shape index (κ1) is 23.9. The second-order valence-electron chi connectivity index (χ2n) is 7.29. The van der Waals surface area contributed by atoms with E-state index in [1.165, 1.54) is 23.5 Å². The number of ether oxygens (including phenoxy) is 3. The predicted octanol–water partition coefficient (Wildman–Crippen LogP) is 5.09. The van der Waals surface area contributed by atoms with Gasteiger partial charge in [0.1, 0.15) is 23.9 Å². The van der Waals surface area contributed by atoms with Gasteiger partial charge in [0.2, 0.25) is 0 Å². The third-order valence-corrected chi connectivity index (χ3v) is 5.44. The zero-order valence-electron chi connectivity index (χ0n) is 18.5. The van der Waals surface area contributed by atoms with Crippen LogP contribution in [0, 0.1) is 5.82 Å². The van der Waals surface area contributed by atoms with Gasteiger partial charge in [-0.3, -0.25) is 10.1 Å². The van der Waals surface area contributed by atoms with E-state index in [0.29, 0.717) is 28.9 Å². The highest BCUT2D eigenvalue weighted by Crippen LogP contribution is 2.25. The van der Waals surface area contributed by atoms with E-state index in [0.717, 1.165) is 11.1 Å². The van der Waals surface area contributed by atoms with Gasteiger partial charge in [-0.15, -0.1) is 11.3 Å². The highest BCUT2D eigenvalue weighted by Gasteiger charge is 2.12. The summed E-state index contributed by atoms with van der Waals surface area (Å²) in [4.78, 5) is 28.3. The minimum Gasteiger partial charge on any atom is -0.489 e. The smallest absolute Gasteiger partial charge is 0.344 e. The molecule has 0 saturated carbocycles. The van der Waals surface area contributed by atoms with Crippen molar-refractivity contribution in [3.63, 3.8) is 0 Å². The Morgan fingerprint density at radius 1 is 0.857 bits per heavy atom. The van der Waals surface area contributed by atoms with E-state index in [-0.39, 0.29) is 12.4 Å². The van der Waals surface area contributed by atoms with E-state index in [2.05, 4.69) is 10.3 Å². The SMILES string of the molecule is O=C(COC(=O)COc1ccc(OCc2ccccc2)cc1)Nc1nc(-c2ccc(F)cc2)cs1. The molecule has 9 heteroatoms. The Labute approximate surface area is 205 Å². The first-order chi connectivity index (χ1) is 17.0. The van der Waals surface area contributed by atoms with Gasteiger partial charge >= 0.3 is 5.97 Å². The fourth-order valence-corrected chi connectivity index (χ4v) is 3.68. The lowest BCUT2D eigenvalue weighted by Crippen LogP contribution is -2.23. The number of aromatic nitrogens is 1. The monoisotopic (exact) mass is 492 g/mol. The van der Waals surface area contributed by atoms with E-state index < -0.39 is 18.5 Å². The van der Waals surface area contributed by atoms with Gasteiger partial charge in [0, 0.05) is 10.9 Å². The number of benzene rings is 3. The summed E-state index contributed by atoms with van der Waals surface area (Å²) >= 11 is 1.21. The molecule has 0 saturated heterocycles. The molecule has 1 heterocycles. The molecule has 0 atom stereocenters. The van der Waals surface area contributed by atoms with Crippen LogP contribution in [0.1, 0.15) is 5.56 Å². The van der Waals surface area contributed by atoms with Gasteiger partial charge in [0.15, 0.2) is 18.3 Å². The molecule has 0 radical (unpaired) electrons. The molecule has 0 fully saturated rings. The largest absolute Gasteiger partial charge is 0.489 e. The van der Waals surface area contributed by atoms with Crippen molar-refractivity contribution >= 4 is 28.3 Å². The van der Waals surface area contributed by atoms with Crippen LogP contribution in [0.15, 0.2) is 84.2 Å². The van der Waals surface area contributed by atoms with Crippen molar-refractivity contribution in [1.82, 2.24) is 4.98 Å².